The Morgan fingerprint density at radius 3 is 0.911 bits per heavy atom. The maximum absolute atomic E-state index is 6.37. The molecule has 0 aliphatic carbocycles. The van der Waals surface area contributed by atoms with Gasteiger partial charge in [-0.25, -0.2) is 0 Å². The third-order valence-electron chi connectivity index (χ3n) is 9.70. The molecule has 8 rings (SSSR count). The first-order chi connectivity index (χ1) is 21.8. The van der Waals surface area contributed by atoms with Crippen molar-refractivity contribution in [3.05, 3.63) is 168 Å². The van der Waals surface area contributed by atoms with Gasteiger partial charge in [0.15, 0.2) is 0 Å². The fourth-order valence-corrected chi connectivity index (χ4v) is 7.36. The number of benzene rings is 6. The quantitative estimate of drug-likeness (QED) is 0.205. The second-order valence-corrected chi connectivity index (χ2v) is 13.1. The first kappa shape index (κ1) is 27.3. The van der Waals surface area contributed by atoms with E-state index in [4.69, 9.17) is 4.74 Å². The number of anilines is 6. The van der Waals surface area contributed by atoms with Gasteiger partial charge in [-0.3, -0.25) is 0 Å². The molecule has 6 aromatic carbocycles. The molecular formula is C42H36N2O. The van der Waals surface area contributed by atoms with Crippen LogP contribution >= 0.6 is 0 Å². The van der Waals surface area contributed by atoms with Crippen LogP contribution in [0.1, 0.15) is 49.9 Å². The van der Waals surface area contributed by atoms with Crippen LogP contribution in [-0.2, 0) is 10.8 Å². The monoisotopic (exact) mass is 584 g/mol. The third-order valence-corrected chi connectivity index (χ3v) is 9.70. The Balaban J connectivity index is 1.09. The van der Waals surface area contributed by atoms with Crippen LogP contribution in [0.15, 0.2) is 146 Å². The number of ether oxygens (including phenoxy) is 1. The Morgan fingerprint density at radius 2 is 0.622 bits per heavy atom. The minimum Gasteiger partial charge on any atom is -0.457 e. The van der Waals surface area contributed by atoms with Gasteiger partial charge in [0.2, 0.25) is 0 Å². The van der Waals surface area contributed by atoms with E-state index in [1.807, 2.05) is 0 Å². The highest BCUT2D eigenvalue weighted by molar-refractivity contribution is 5.87. The van der Waals surface area contributed by atoms with Crippen LogP contribution < -0.4 is 14.5 Å². The minimum atomic E-state index is -0.0759. The topological polar surface area (TPSA) is 15.7 Å². The number of nitrogens with zero attached hydrogens (tertiary/aromatic N) is 2. The molecule has 0 aromatic heterocycles. The maximum Gasteiger partial charge on any atom is 0.127 e. The van der Waals surface area contributed by atoms with Crippen LogP contribution in [0.5, 0.6) is 11.5 Å². The molecule has 0 saturated heterocycles. The number of hydrogen-bond donors (Lipinski definition) is 0. The molecule has 3 heteroatoms. The van der Waals surface area contributed by atoms with Crippen LogP contribution in [0.4, 0.5) is 34.1 Å². The van der Waals surface area contributed by atoms with Crippen molar-refractivity contribution in [3.63, 3.8) is 0 Å². The van der Waals surface area contributed by atoms with E-state index < -0.39 is 0 Å². The minimum absolute atomic E-state index is 0.0759. The van der Waals surface area contributed by atoms with Crippen molar-refractivity contribution < 1.29 is 4.74 Å². The van der Waals surface area contributed by atoms with Crippen LogP contribution in [0.25, 0.3) is 0 Å². The van der Waals surface area contributed by atoms with Gasteiger partial charge in [-0.05, 0) is 95.1 Å². The van der Waals surface area contributed by atoms with Crippen LogP contribution in [0.3, 0.4) is 0 Å². The van der Waals surface area contributed by atoms with Gasteiger partial charge in [0.05, 0.1) is 22.7 Å². The van der Waals surface area contributed by atoms with E-state index in [-0.39, 0.29) is 10.8 Å². The first-order valence-corrected chi connectivity index (χ1v) is 15.7. The zero-order valence-corrected chi connectivity index (χ0v) is 26.2. The Morgan fingerprint density at radius 1 is 0.356 bits per heavy atom. The van der Waals surface area contributed by atoms with Gasteiger partial charge in [0.1, 0.15) is 11.5 Å². The molecule has 0 unspecified atom stereocenters. The van der Waals surface area contributed by atoms with E-state index in [2.05, 4.69) is 183 Å². The van der Waals surface area contributed by atoms with Crippen LogP contribution in [0, 0.1) is 0 Å². The van der Waals surface area contributed by atoms with Crippen molar-refractivity contribution in [2.45, 2.75) is 38.5 Å². The lowest BCUT2D eigenvalue weighted by molar-refractivity contribution is 0.483. The molecule has 45 heavy (non-hydrogen) atoms. The molecule has 2 heterocycles. The highest BCUT2D eigenvalue weighted by Crippen LogP contribution is 2.53. The van der Waals surface area contributed by atoms with Gasteiger partial charge in [-0.15, -0.1) is 0 Å². The lowest BCUT2D eigenvalue weighted by atomic mass is 9.73. The lowest BCUT2D eigenvalue weighted by Crippen LogP contribution is -2.30. The Kier molecular flexibility index (Phi) is 6.15. The molecule has 0 amide bonds. The predicted molar refractivity (Wildman–Crippen MR) is 187 cm³/mol. The highest BCUT2D eigenvalue weighted by Gasteiger charge is 2.37. The van der Waals surface area contributed by atoms with Gasteiger partial charge >= 0.3 is 0 Å². The summed E-state index contributed by atoms with van der Waals surface area (Å²) in [5.74, 6) is 1.61. The van der Waals surface area contributed by atoms with E-state index in [0.29, 0.717) is 0 Å². The van der Waals surface area contributed by atoms with Gasteiger partial charge in [0, 0.05) is 22.2 Å². The second-order valence-electron chi connectivity index (χ2n) is 13.1. The molecule has 6 aromatic rings. The maximum atomic E-state index is 6.37. The summed E-state index contributed by atoms with van der Waals surface area (Å²) in [7, 11) is 0. The van der Waals surface area contributed by atoms with Crippen molar-refractivity contribution in [2.75, 3.05) is 9.80 Å². The summed E-state index contributed by atoms with van der Waals surface area (Å²) in [4.78, 5) is 4.73. The van der Waals surface area contributed by atoms with Crippen molar-refractivity contribution in [2.24, 2.45) is 0 Å². The van der Waals surface area contributed by atoms with Crippen LogP contribution in [0.2, 0.25) is 0 Å². The molecule has 0 fully saturated rings. The van der Waals surface area contributed by atoms with Crippen molar-refractivity contribution in [3.8, 4) is 11.5 Å². The molecule has 3 nitrogen and oxygen atoms in total. The number of hydrogen-bond acceptors (Lipinski definition) is 3. The average Bonchev–Trinajstić information content (AvgIpc) is 3.07. The number of fused-ring (bicyclic) bond motifs is 4. The molecule has 0 bridgehead atoms. The smallest absolute Gasteiger partial charge is 0.127 e. The van der Waals surface area contributed by atoms with Crippen LogP contribution in [-0.4, -0.2) is 0 Å². The number of para-hydroxylation sites is 4. The lowest BCUT2D eigenvalue weighted by Gasteiger charge is -2.42. The standard InChI is InChI=1S/C42H36N2O/c1-41(2)33-13-5-9-17-37(33)43(38-18-10-6-14-34(38)41)29-21-25-31(26-22-29)45-32-27-23-30(24-28-32)44-39-19-11-7-15-35(39)42(3,4)36-16-8-12-20-40(36)44/h5-28H,1-4H3. The molecular weight excluding hydrogens is 548 g/mol. The van der Waals surface area contributed by atoms with Crippen molar-refractivity contribution in [1.29, 1.82) is 0 Å². The Labute approximate surface area is 266 Å². The fraction of sp³-hybridized carbons (Fsp3) is 0.143. The van der Waals surface area contributed by atoms with Gasteiger partial charge in [-0.2, -0.15) is 0 Å². The predicted octanol–water partition coefficient (Wildman–Crippen LogP) is 11.7. The summed E-state index contributed by atoms with van der Waals surface area (Å²) in [6, 6.07) is 51.8. The van der Waals surface area contributed by atoms with E-state index in [9.17, 15) is 0 Å². The van der Waals surface area contributed by atoms with Crippen molar-refractivity contribution >= 4 is 34.1 Å². The summed E-state index contributed by atoms with van der Waals surface area (Å²) in [6.07, 6.45) is 0. The Bertz CT molecular complexity index is 1790. The molecule has 0 spiro atoms. The second kappa shape index (κ2) is 10.1. The van der Waals surface area contributed by atoms with Gasteiger partial charge < -0.3 is 14.5 Å². The summed E-state index contributed by atoms with van der Waals surface area (Å²) in [6.45, 7) is 9.25. The molecule has 2 aliphatic heterocycles. The normalized spacial score (nSPS) is 15.4. The largest absolute Gasteiger partial charge is 0.457 e. The zero-order valence-electron chi connectivity index (χ0n) is 26.2. The molecule has 0 N–H and O–H groups in total. The highest BCUT2D eigenvalue weighted by atomic mass is 16.5. The van der Waals surface area contributed by atoms with Gasteiger partial charge in [-0.1, -0.05) is 100 Å². The fourth-order valence-electron chi connectivity index (χ4n) is 7.36. The summed E-state index contributed by atoms with van der Waals surface area (Å²) in [5, 5.41) is 0. The van der Waals surface area contributed by atoms with Crippen molar-refractivity contribution in [1.82, 2.24) is 0 Å². The average molecular weight is 585 g/mol. The Hall–Kier alpha value is -5.28. The van der Waals surface area contributed by atoms with E-state index in [1.54, 1.807) is 0 Å². The van der Waals surface area contributed by atoms with E-state index >= 15 is 0 Å². The SMILES string of the molecule is CC1(C)c2ccccc2N(c2ccc(Oc3ccc(N4c5ccccc5C(C)(C)c5ccccc54)cc3)cc2)c2ccccc21. The first-order valence-electron chi connectivity index (χ1n) is 15.7. The molecule has 220 valence electrons. The third kappa shape index (κ3) is 4.26. The number of rotatable bonds is 4. The van der Waals surface area contributed by atoms with E-state index in [1.165, 1.54) is 45.0 Å². The molecule has 2 aliphatic rings. The van der Waals surface area contributed by atoms with Gasteiger partial charge in [0.25, 0.3) is 0 Å². The summed E-state index contributed by atoms with van der Waals surface area (Å²) >= 11 is 0. The molecule has 0 radical (unpaired) electrons. The summed E-state index contributed by atoms with van der Waals surface area (Å²) < 4.78 is 6.37. The zero-order chi connectivity index (χ0) is 30.8. The molecule has 0 saturated carbocycles. The molecule has 0 atom stereocenters. The van der Waals surface area contributed by atoms with E-state index in [0.717, 1.165) is 22.9 Å². The summed E-state index contributed by atoms with van der Waals surface area (Å²) in [5.41, 5.74) is 12.2.